The lowest BCUT2D eigenvalue weighted by molar-refractivity contribution is -0.122. The number of anilines is 1. The lowest BCUT2D eigenvalue weighted by Gasteiger charge is -2.35. The number of likely N-dealkylation sites (tertiary alicyclic amines) is 1. The number of methoxy groups -OCH3 is 1. The molecule has 8 heteroatoms. The summed E-state index contributed by atoms with van der Waals surface area (Å²) in [6.07, 6.45) is 2.36. The number of aryl methyl sites for hydroxylation is 1. The molecular weight excluding hydrogens is 414 g/mol. The minimum atomic E-state index is -0.419. The van der Waals surface area contributed by atoms with Crippen molar-refractivity contribution in [3.8, 4) is 0 Å². The minimum absolute atomic E-state index is 0.0345. The van der Waals surface area contributed by atoms with Gasteiger partial charge in [-0.3, -0.25) is 14.5 Å². The molecule has 164 valence electrons. The summed E-state index contributed by atoms with van der Waals surface area (Å²) in [5.74, 6) is -0.416. The zero-order chi connectivity index (χ0) is 22.0. The first-order valence-corrected chi connectivity index (χ1v) is 11.4. The molecule has 1 aromatic carbocycles. The molecule has 2 aromatic rings. The average Bonchev–Trinajstić information content (AvgIpc) is 3.40. The van der Waals surface area contributed by atoms with Crippen molar-refractivity contribution < 1.29 is 19.1 Å². The molecule has 0 saturated carbocycles. The summed E-state index contributed by atoms with van der Waals surface area (Å²) in [6, 6.07) is 9.22. The molecule has 7 nitrogen and oxygen atoms in total. The van der Waals surface area contributed by atoms with E-state index >= 15 is 0 Å². The van der Waals surface area contributed by atoms with Gasteiger partial charge in [0, 0.05) is 31.2 Å². The van der Waals surface area contributed by atoms with Gasteiger partial charge in [-0.1, -0.05) is 18.2 Å². The SMILES string of the molecule is COC(=O)c1ccsc1N1CC[C@@H](N2CCC(NC(=O)c3ccccc3C)CC2)C1=O. The molecule has 1 N–H and O–H groups in total. The van der Waals surface area contributed by atoms with Gasteiger partial charge in [-0.15, -0.1) is 11.3 Å². The Labute approximate surface area is 186 Å². The third kappa shape index (κ3) is 4.36. The monoisotopic (exact) mass is 441 g/mol. The predicted octanol–water partition coefficient (Wildman–Crippen LogP) is 2.84. The summed E-state index contributed by atoms with van der Waals surface area (Å²) in [4.78, 5) is 41.6. The molecule has 0 radical (unpaired) electrons. The number of carbonyl (C=O) groups is 3. The van der Waals surface area contributed by atoms with Crippen LogP contribution < -0.4 is 10.2 Å². The highest BCUT2D eigenvalue weighted by Gasteiger charge is 2.39. The van der Waals surface area contributed by atoms with Gasteiger partial charge in [-0.25, -0.2) is 4.79 Å². The van der Waals surface area contributed by atoms with E-state index in [-0.39, 0.29) is 23.9 Å². The second-order valence-electron chi connectivity index (χ2n) is 8.02. The quantitative estimate of drug-likeness (QED) is 0.722. The maximum absolute atomic E-state index is 13.1. The second kappa shape index (κ2) is 9.20. The lowest BCUT2D eigenvalue weighted by Crippen LogP contribution is -2.50. The van der Waals surface area contributed by atoms with E-state index in [9.17, 15) is 14.4 Å². The van der Waals surface area contributed by atoms with Crippen molar-refractivity contribution in [3.63, 3.8) is 0 Å². The fraction of sp³-hybridized carbons (Fsp3) is 0.435. The van der Waals surface area contributed by atoms with E-state index in [4.69, 9.17) is 4.74 Å². The lowest BCUT2D eigenvalue weighted by atomic mass is 10.0. The Bertz CT molecular complexity index is 981. The first-order chi connectivity index (χ1) is 15.0. The number of hydrogen-bond donors (Lipinski definition) is 1. The molecule has 2 fully saturated rings. The molecule has 2 aliphatic heterocycles. The molecule has 0 bridgehead atoms. The standard InChI is InChI=1S/C23H27N3O4S/c1-15-5-3-4-6-17(15)20(27)24-16-7-11-25(12-8-16)19-9-13-26(21(19)28)22-18(10-14-31-22)23(29)30-2/h3-6,10,14,16,19H,7-9,11-13H2,1-2H3,(H,24,27)/t19-/m1/s1. The van der Waals surface area contributed by atoms with Gasteiger partial charge >= 0.3 is 5.97 Å². The van der Waals surface area contributed by atoms with E-state index in [2.05, 4.69) is 10.2 Å². The van der Waals surface area contributed by atoms with Crippen molar-refractivity contribution in [1.29, 1.82) is 0 Å². The molecule has 2 saturated heterocycles. The van der Waals surface area contributed by atoms with Gasteiger partial charge < -0.3 is 15.0 Å². The van der Waals surface area contributed by atoms with Crippen LogP contribution in [-0.2, 0) is 9.53 Å². The van der Waals surface area contributed by atoms with Gasteiger partial charge in [-0.2, -0.15) is 0 Å². The molecule has 4 rings (SSSR count). The summed E-state index contributed by atoms with van der Waals surface area (Å²) in [5, 5.41) is 5.62. The Morgan fingerprint density at radius 1 is 1.06 bits per heavy atom. The zero-order valence-corrected chi connectivity index (χ0v) is 18.6. The zero-order valence-electron chi connectivity index (χ0n) is 17.8. The van der Waals surface area contributed by atoms with Crippen LogP contribution in [0.25, 0.3) is 0 Å². The highest BCUT2D eigenvalue weighted by atomic mass is 32.1. The Kier molecular flexibility index (Phi) is 6.38. The third-order valence-corrected chi connectivity index (χ3v) is 7.10. The van der Waals surface area contributed by atoms with Gasteiger partial charge in [0.05, 0.1) is 18.7 Å². The number of amides is 2. The van der Waals surface area contributed by atoms with Gasteiger partial charge in [0.25, 0.3) is 5.91 Å². The van der Waals surface area contributed by atoms with E-state index in [0.717, 1.165) is 37.9 Å². The van der Waals surface area contributed by atoms with Crippen LogP contribution >= 0.6 is 11.3 Å². The normalized spacial score (nSPS) is 20.1. The fourth-order valence-electron chi connectivity index (χ4n) is 4.43. The van der Waals surface area contributed by atoms with Crippen LogP contribution in [0.2, 0.25) is 0 Å². The Morgan fingerprint density at radius 2 is 1.81 bits per heavy atom. The first kappa shape index (κ1) is 21.5. The Balaban J connectivity index is 1.34. The highest BCUT2D eigenvalue weighted by Crippen LogP contribution is 2.33. The number of nitrogens with zero attached hydrogens (tertiary/aromatic N) is 2. The number of esters is 1. The van der Waals surface area contributed by atoms with Crippen molar-refractivity contribution in [2.24, 2.45) is 0 Å². The molecule has 2 aliphatic rings. The van der Waals surface area contributed by atoms with E-state index in [1.807, 2.05) is 36.6 Å². The van der Waals surface area contributed by atoms with Gasteiger partial charge in [0.1, 0.15) is 5.00 Å². The fourth-order valence-corrected chi connectivity index (χ4v) is 5.35. The van der Waals surface area contributed by atoms with Crippen LogP contribution in [0, 0.1) is 6.92 Å². The molecule has 1 atom stereocenters. The average molecular weight is 442 g/mol. The topological polar surface area (TPSA) is 79.0 Å². The van der Waals surface area contributed by atoms with Crippen molar-refractivity contribution in [2.45, 2.75) is 38.3 Å². The van der Waals surface area contributed by atoms with E-state index in [0.29, 0.717) is 22.7 Å². The molecule has 2 amide bonds. The predicted molar refractivity (Wildman–Crippen MR) is 120 cm³/mol. The first-order valence-electron chi connectivity index (χ1n) is 10.6. The maximum Gasteiger partial charge on any atom is 0.340 e. The third-order valence-electron chi connectivity index (χ3n) is 6.17. The van der Waals surface area contributed by atoms with Crippen LogP contribution in [0.4, 0.5) is 5.00 Å². The number of thiophene rings is 1. The van der Waals surface area contributed by atoms with Crippen molar-refractivity contribution >= 4 is 34.1 Å². The number of rotatable bonds is 5. The smallest absolute Gasteiger partial charge is 0.340 e. The molecule has 0 unspecified atom stereocenters. The summed E-state index contributed by atoms with van der Waals surface area (Å²) in [5.41, 5.74) is 2.12. The maximum atomic E-state index is 13.1. The molecule has 31 heavy (non-hydrogen) atoms. The Hall–Kier alpha value is -2.71. The van der Waals surface area contributed by atoms with Crippen LogP contribution in [0.1, 0.15) is 45.5 Å². The summed E-state index contributed by atoms with van der Waals surface area (Å²) < 4.78 is 4.84. The van der Waals surface area contributed by atoms with Gasteiger partial charge in [-0.05, 0) is 49.3 Å². The minimum Gasteiger partial charge on any atom is -0.465 e. The Morgan fingerprint density at radius 3 is 2.52 bits per heavy atom. The second-order valence-corrected chi connectivity index (χ2v) is 8.92. The summed E-state index contributed by atoms with van der Waals surface area (Å²) >= 11 is 1.39. The highest BCUT2D eigenvalue weighted by molar-refractivity contribution is 7.14. The largest absolute Gasteiger partial charge is 0.465 e. The molecule has 1 aromatic heterocycles. The number of benzene rings is 1. The number of nitrogens with one attached hydrogen (secondary N) is 1. The van der Waals surface area contributed by atoms with Crippen molar-refractivity contribution in [3.05, 3.63) is 52.4 Å². The van der Waals surface area contributed by atoms with Crippen LogP contribution in [0.5, 0.6) is 0 Å². The van der Waals surface area contributed by atoms with Crippen LogP contribution in [0.15, 0.2) is 35.7 Å². The van der Waals surface area contributed by atoms with E-state index < -0.39 is 5.97 Å². The molecule has 3 heterocycles. The van der Waals surface area contributed by atoms with E-state index in [1.165, 1.54) is 18.4 Å². The van der Waals surface area contributed by atoms with Crippen LogP contribution in [0.3, 0.4) is 0 Å². The number of ether oxygens (including phenoxy) is 1. The molecule has 0 spiro atoms. The van der Waals surface area contributed by atoms with Crippen molar-refractivity contribution in [2.75, 3.05) is 31.6 Å². The van der Waals surface area contributed by atoms with E-state index in [1.54, 1.807) is 11.0 Å². The number of piperidine rings is 1. The molecule has 0 aliphatic carbocycles. The van der Waals surface area contributed by atoms with Crippen molar-refractivity contribution in [1.82, 2.24) is 10.2 Å². The van der Waals surface area contributed by atoms with Gasteiger partial charge in [0.15, 0.2) is 0 Å². The number of hydrogen-bond acceptors (Lipinski definition) is 6. The number of carbonyl (C=O) groups excluding carboxylic acids is 3. The summed E-state index contributed by atoms with van der Waals surface area (Å²) in [6.45, 7) is 4.06. The summed E-state index contributed by atoms with van der Waals surface area (Å²) in [7, 11) is 1.35. The molecular formula is C23H27N3O4S. The van der Waals surface area contributed by atoms with Crippen LogP contribution in [-0.4, -0.2) is 61.5 Å². The van der Waals surface area contributed by atoms with Gasteiger partial charge in [0.2, 0.25) is 5.91 Å².